The number of halogens is 2. The third kappa shape index (κ3) is 1.84. The van der Waals surface area contributed by atoms with E-state index in [9.17, 15) is 4.39 Å². The molecule has 0 heterocycles. The smallest absolute Gasteiger partial charge is 0.143 e. The average Bonchev–Trinajstić information content (AvgIpc) is 2.09. The molecule has 0 aromatic heterocycles. The minimum absolute atomic E-state index is 0.150. The van der Waals surface area contributed by atoms with Crippen LogP contribution in [0.5, 0.6) is 0 Å². The largest absolute Gasteiger partial charge is 0.387 e. The molecule has 0 saturated heterocycles. The minimum atomic E-state index is -0.375. The van der Waals surface area contributed by atoms with E-state index >= 15 is 0 Å². The highest BCUT2D eigenvalue weighted by Gasteiger charge is 2.05. The normalized spacial score (nSPS) is 10.0. The summed E-state index contributed by atoms with van der Waals surface area (Å²) in [6.07, 6.45) is 1.89. The van der Waals surface area contributed by atoms with Gasteiger partial charge in [-0.15, -0.1) is 11.8 Å². The van der Waals surface area contributed by atoms with E-state index in [1.165, 1.54) is 17.8 Å². The van der Waals surface area contributed by atoms with Gasteiger partial charge >= 0.3 is 0 Å². The molecular weight excluding hydrogens is 197 g/mol. The quantitative estimate of drug-likeness (QED) is 0.744. The summed E-state index contributed by atoms with van der Waals surface area (Å²) in [4.78, 5) is 0.861. The van der Waals surface area contributed by atoms with E-state index in [1.807, 2.05) is 6.26 Å². The predicted molar refractivity (Wildman–Crippen MR) is 52.7 cm³/mol. The lowest BCUT2D eigenvalue weighted by Crippen LogP contribution is -1.92. The van der Waals surface area contributed by atoms with E-state index in [4.69, 9.17) is 11.6 Å². The van der Waals surface area contributed by atoms with Crippen LogP contribution < -0.4 is 5.32 Å². The molecule has 0 radical (unpaired) electrons. The Labute approximate surface area is 80.3 Å². The van der Waals surface area contributed by atoms with Gasteiger partial charge in [-0.1, -0.05) is 11.6 Å². The highest BCUT2D eigenvalue weighted by molar-refractivity contribution is 7.98. The SMILES string of the molecule is CNc1cc(Cl)c(F)cc1SC. The zero-order valence-electron chi connectivity index (χ0n) is 6.82. The molecule has 0 spiro atoms. The van der Waals surface area contributed by atoms with Gasteiger partial charge in [-0.3, -0.25) is 0 Å². The maximum atomic E-state index is 12.9. The highest BCUT2D eigenvalue weighted by Crippen LogP contribution is 2.30. The third-order valence-electron chi connectivity index (χ3n) is 1.51. The molecular formula is C8H9ClFNS. The van der Waals surface area contributed by atoms with E-state index in [0.717, 1.165) is 10.6 Å². The predicted octanol–water partition coefficient (Wildman–Crippen LogP) is 3.24. The second-order valence-electron chi connectivity index (χ2n) is 2.22. The fourth-order valence-corrected chi connectivity index (χ4v) is 1.66. The van der Waals surface area contributed by atoms with Gasteiger partial charge in [0.1, 0.15) is 5.82 Å². The summed E-state index contributed by atoms with van der Waals surface area (Å²) in [6, 6.07) is 3.02. The number of nitrogens with one attached hydrogen (secondary N) is 1. The number of hydrogen-bond acceptors (Lipinski definition) is 2. The van der Waals surface area contributed by atoms with E-state index in [1.54, 1.807) is 13.1 Å². The summed E-state index contributed by atoms with van der Waals surface area (Å²) in [5.74, 6) is -0.375. The molecule has 0 fully saturated rings. The van der Waals surface area contributed by atoms with Gasteiger partial charge in [0.15, 0.2) is 0 Å². The Kier molecular flexibility index (Phi) is 3.23. The zero-order chi connectivity index (χ0) is 9.14. The number of benzene rings is 1. The van der Waals surface area contributed by atoms with Crippen molar-refractivity contribution in [3.8, 4) is 0 Å². The van der Waals surface area contributed by atoms with Crippen molar-refractivity contribution in [2.75, 3.05) is 18.6 Å². The van der Waals surface area contributed by atoms with E-state index in [2.05, 4.69) is 5.32 Å². The van der Waals surface area contributed by atoms with Gasteiger partial charge in [0.05, 0.1) is 5.02 Å². The summed E-state index contributed by atoms with van der Waals surface area (Å²) < 4.78 is 12.9. The molecule has 1 aromatic carbocycles. The first-order valence-corrected chi connectivity index (χ1v) is 5.00. The fraction of sp³-hybridized carbons (Fsp3) is 0.250. The van der Waals surface area contributed by atoms with Crippen LogP contribution in [0.25, 0.3) is 0 Å². The van der Waals surface area contributed by atoms with Gasteiger partial charge in [-0.25, -0.2) is 4.39 Å². The third-order valence-corrected chi connectivity index (χ3v) is 2.58. The Morgan fingerprint density at radius 3 is 2.67 bits per heavy atom. The summed E-state index contributed by atoms with van der Waals surface area (Å²) in [5.41, 5.74) is 0.855. The number of hydrogen-bond donors (Lipinski definition) is 1. The molecule has 0 saturated carbocycles. The Bertz CT molecular complexity index is 262. The Morgan fingerprint density at radius 1 is 1.50 bits per heavy atom. The van der Waals surface area contributed by atoms with E-state index < -0.39 is 0 Å². The lowest BCUT2D eigenvalue weighted by Gasteiger charge is -2.07. The van der Waals surface area contributed by atoms with Gasteiger partial charge in [-0.2, -0.15) is 0 Å². The van der Waals surface area contributed by atoms with Gasteiger partial charge in [0.25, 0.3) is 0 Å². The van der Waals surface area contributed by atoms with Crippen molar-refractivity contribution < 1.29 is 4.39 Å². The van der Waals surface area contributed by atoms with Crippen LogP contribution in [0.3, 0.4) is 0 Å². The summed E-state index contributed by atoms with van der Waals surface area (Å²) in [5, 5.41) is 3.09. The molecule has 0 aliphatic rings. The van der Waals surface area contributed by atoms with Crippen molar-refractivity contribution >= 4 is 29.1 Å². The first-order chi connectivity index (χ1) is 5.69. The van der Waals surface area contributed by atoms with Crippen LogP contribution in [0, 0.1) is 5.82 Å². The number of rotatable bonds is 2. The minimum Gasteiger partial charge on any atom is -0.387 e. The van der Waals surface area contributed by atoms with Crippen LogP contribution in [0.1, 0.15) is 0 Å². The maximum Gasteiger partial charge on any atom is 0.143 e. The molecule has 0 amide bonds. The Balaban J connectivity index is 3.19. The first-order valence-electron chi connectivity index (χ1n) is 3.40. The molecule has 1 rings (SSSR count). The molecule has 0 atom stereocenters. The molecule has 1 aromatic rings. The van der Waals surface area contributed by atoms with Crippen LogP contribution >= 0.6 is 23.4 Å². The summed E-state index contributed by atoms with van der Waals surface area (Å²) in [6.45, 7) is 0. The fourth-order valence-electron chi connectivity index (χ4n) is 0.893. The maximum absolute atomic E-state index is 12.9. The van der Waals surface area contributed by atoms with Crippen LogP contribution in [0.15, 0.2) is 17.0 Å². The molecule has 12 heavy (non-hydrogen) atoms. The van der Waals surface area contributed by atoms with Gasteiger partial charge in [0.2, 0.25) is 0 Å². The Hall–Kier alpha value is -0.410. The van der Waals surface area contributed by atoms with E-state index in [0.29, 0.717) is 0 Å². The van der Waals surface area contributed by atoms with E-state index in [-0.39, 0.29) is 10.8 Å². The number of anilines is 1. The van der Waals surface area contributed by atoms with Gasteiger partial charge < -0.3 is 5.32 Å². The highest BCUT2D eigenvalue weighted by atomic mass is 35.5. The first kappa shape index (κ1) is 9.68. The van der Waals surface area contributed by atoms with Gasteiger partial charge in [-0.05, 0) is 18.4 Å². The average molecular weight is 206 g/mol. The molecule has 0 aliphatic heterocycles. The topological polar surface area (TPSA) is 12.0 Å². The van der Waals surface area contributed by atoms with Crippen molar-refractivity contribution in [1.29, 1.82) is 0 Å². The van der Waals surface area contributed by atoms with Crippen LogP contribution in [0.2, 0.25) is 5.02 Å². The summed E-state index contributed by atoms with van der Waals surface area (Å²) in [7, 11) is 1.78. The molecule has 0 bridgehead atoms. The molecule has 0 unspecified atom stereocenters. The van der Waals surface area contributed by atoms with Crippen LogP contribution in [0.4, 0.5) is 10.1 Å². The van der Waals surface area contributed by atoms with Crippen LogP contribution in [-0.2, 0) is 0 Å². The van der Waals surface area contributed by atoms with Crippen molar-refractivity contribution in [2.45, 2.75) is 4.90 Å². The summed E-state index contributed by atoms with van der Waals surface area (Å²) >= 11 is 7.08. The monoisotopic (exact) mass is 205 g/mol. The van der Waals surface area contributed by atoms with Crippen molar-refractivity contribution in [3.63, 3.8) is 0 Å². The zero-order valence-corrected chi connectivity index (χ0v) is 8.39. The standard InChI is InChI=1S/C8H9ClFNS/c1-11-7-3-5(9)6(10)4-8(7)12-2/h3-4,11H,1-2H3. The van der Waals surface area contributed by atoms with Crippen LogP contribution in [-0.4, -0.2) is 13.3 Å². The molecule has 1 N–H and O–H groups in total. The van der Waals surface area contributed by atoms with Crippen molar-refractivity contribution in [1.82, 2.24) is 0 Å². The van der Waals surface area contributed by atoms with Crippen molar-refractivity contribution in [3.05, 3.63) is 23.0 Å². The molecule has 4 heteroatoms. The molecule has 1 nitrogen and oxygen atoms in total. The second kappa shape index (κ2) is 4.01. The molecule has 0 aliphatic carbocycles. The lowest BCUT2D eigenvalue weighted by atomic mass is 10.3. The lowest BCUT2D eigenvalue weighted by molar-refractivity contribution is 0.625. The molecule has 66 valence electrons. The number of thioether (sulfide) groups is 1. The Morgan fingerprint density at radius 2 is 2.17 bits per heavy atom. The second-order valence-corrected chi connectivity index (χ2v) is 3.47. The van der Waals surface area contributed by atoms with Gasteiger partial charge in [0, 0.05) is 17.6 Å². The van der Waals surface area contributed by atoms with Crippen molar-refractivity contribution in [2.24, 2.45) is 0 Å².